The van der Waals surface area contributed by atoms with Gasteiger partial charge in [0.2, 0.25) is 0 Å². The summed E-state index contributed by atoms with van der Waals surface area (Å²) in [5.74, 6) is -0.790. The molecular formula is C18H24N2O2. The quantitative estimate of drug-likeness (QED) is 0.923. The van der Waals surface area contributed by atoms with Crippen molar-refractivity contribution in [2.75, 3.05) is 19.6 Å². The Labute approximate surface area is 131 Å². The average molecular weight is 300 g/mol. The molecule has 1 aromatic heterocycles. The zero-order valence-corrected chi connectivity index (χ0v) is 13.4. The largest absolute Gasteiger partial charge is 0.480 e. The maximum absolute atomic E-state index is 11.1. The monoisotopic (exact) mass is 300 g/mol. The summed E-state index contributed by atoms with van der Waals surface area (Å²) in [6.45, 7) is 7.69. The first-order valence-corrected chi connectivity index (χ1v) is 8.07. The van der Waals surface area contributed by atoms with Crippen LogP contribution in [0.25, 0.3) is 10.9 Å². The molecule has 0 atom stereocenters. The number of carboxylic acids is 1. The van der Waals surface area contributed by atoms with Crippen LogP contribution in [0, 0.1) is 13.8 Å². The maximum Gasteiger partial charge on any atom is 0.323 e. The second-order valence-electron chi connectivity index (χ2n) is 6.45. The van der Waals surface area contributed by atoms with Gasteiger partial charge in [-0.15, -0.1) is 0 Å². The van der Waals surface area contributed by atoms with E-state index in [1.807, 2.05) is 10.8 Å². The first-order valence-electron chi connectivity index (χ1n) is 8.07. The molecule has 2 aromatic rings. The highest BCUT2D eigenvalue weighted by atomic mass is 16.4. The Hall–Kier alpha value is -1.81. The van der Waals surface area contributed by atoms with Crippen molar-refractivity contribution in [2.24, 2.45) is 0 Å². The molecule has 1 N–H and O–H groups in total. The summed E-state index contributed by atoms with van der Waals surface area (Å²) in [7, 11) is 0. The molecule has 0 unspecified atom stereocenters. The van der Waals surface area contributed by atoms with Crippen LogP contribution in [0.2, 0.25) is 0 Å². The molecule has 0 amide bonds. The normalized spacial score (nSPS) is 15.7. The zero-order valence-electron chi connectivity index (χ0n) is 13.4. The maximum atomic E-state index is 11.1. The molecule has 1 aliphatic rings. The van der Waals surface area contributed by atoms with Crippen LogP contribution in [0.4, 0.5) is 0 Å². The number of hydrogen-bond acceptors (Lipinski definition) is 2. The van der Waals surface area contributed by atoms with E-state index in [1.165, 1.54) is 48.0 Å². The highest BCUT2D eigenvalue weighted by molar-refractivity contribution is 5.89. The summed E-state index contributed by atoms with van der Waals surface area (Å²) < 4.78 is 1.89. The summed E-state index contributed by atoms with van der Waals surface area (Å²) in [5.41, 5.74) is 4.76. The minimum atomic E-state index is -0.790. The lowest BCUT2D eigenvalue weighted by molar-refractivity contribution is -0.137. The summed E-state index contributed by atoms with van der Waals surface area (Å²) in [6, 6.07) is 4.29. The van der Waals surface area contributed by atoms with Gasteiger partial charge < -0.3 is 14.6 Å². The van der Waals surface area contributed by atoms with Crippen LogP contribution in [-0.2, 0) is 17.8 Å². The van der Waals surface area contributed by atoms with Gasteiger partial charge in [0.1, 0.15) is 6.54 Å². The van der Waals surface area contributed by atoms with E-state index in [2.05, 4.69) is 30.9 Å². The van der Waals surface area contributed by atoms with Crippen LogP contribution in [0.15, 0.2) is 18.3 Å². The number of carbonyl (C=O) groups is 1. The number of carboxylic acid groups (broad SMARTS) is 1. The fourth-order valence-electron chi connectivity index (χ4n) is 3.66. The van der Waals surface area contributed by atoms with Gasteiger partial charge >= 0.3 is 5.97 Å². The first kappa shape index (κ1) is 15.1. The average Bonchev–Trinajstić information content (AvgIpc) is 3.04. The molecule has 0 saturated carbocycles. The van der Waals surface area contributed by atoms with E-state index >= 15 is 0 Å². The summed E-state index contributed by atoms with van der Waals surface area (Å²) in [5, 5.41) is 10.4. The highest BCUT2D eigenvalue weighted by Crippen LogP contribution is 2.27. The van der Waals surface area contributed by atoms with Gasteiger partial charge in [-0.3, -0.25) is 4.79 Å². The van der Waals surface area contributed by atoms with Gasteiger partial charge in [0.05, 0.1) is 0 Å². The van der Waals surface area contributed by atoms with Crippen molar-refractivity contribution < 1.29 is 9.90 Å². The number of fused-ring (bicyclic) bond motifs is 1. The molecule has 0 bridgehead atoms. The minimum Gasteiger partial charge on any atom is -0.480 e. The molecule has 4 nitrogen and oxygen atoms in total. The molecule has 0 radical (unpaired) electrons. The van der Waals surface area contributed by atoms with E-state index in [-0.39, 0.29) is 6.54 Å². The molecule has 1 aromatic carbocycles. The van der Waals surface area contributed by atoms with E-state index in [0.717, 1.165) is 18.5 Å². The van der Waals surface area contributed by atoms with E-state index in [4.69, 9.17) is 5.11 Å². The molecule has 118 valence electrons. The van der Waals surface area contributed by atoms with Gasteiger partial charge in [0.15, 0.2) is 0 Å². The number of aromatic nitrogens is 1. The number of hydrogen-bond donors (Lipinski definition) is 1. The van der Waals surface area contributed by atoms with Gasteiger partial charge in [0.25, 0.3) is 0 Å². The van der Waals surface area contributed by atoms with Crippen molar-refractivity contribution in [1.29, 1.82) is 0 Å². The molecule has 0 aliphatic carbocycles. The topological polar surface area (TPSA) is 45.5 Å². The summed E-state index contributed by atoms with van der Waals surface area (Å²) in [6.07, 6.45) is 5.65. The smallest absolute Gasteiger partial charge is 0.323 e. The van der Waals surface area contributed by atoms with Crippen LogP contribution >= 0.6 is 0 Å². The molecule has 2 heterocycles. The highest BCUT2D eigenvalue weighted by Gasteiger charge is 2.16. The van der Waals surface area contributed by atoms with Crippen LogP contribution in [-0.4, -0.2) is 40.2 Å². The number of rotatable bonds is 5. The van der Waals surface area contributed by atoms with E-state index in [0.29, 0.717) is 0 Å². The predicted octanol–water partition coefficient (Wildman–Crippen LogP) is 2.98. The Balaban J connectivity index is 1.95. The lowest BCUT2D eigenvalue weighted by atomic mass is 10.0. The second-order valence-corrected chi connectivity index (χ2v) is 6.45. The Morgan fingerprint density at radius 1 is 1.23 bits per heavy atom. The Morgan fingerprint density at radius 3 is 2.64 bits per heavy atom. The number of aliphatic carboxylic acids is 1. The Morgan fingerprint density at radius 2 is 1.95 bits per heavy atom. The molecule has 1 fully saturated rings. The third-order valence-corrected chi connectivity index (χ3v) is 4.60. The van der Waals surface area contributed by atoms with Crippen molar-refractivity contribution in [2.45, 2.75) is 39.7 Å². The Kier molecular flexibility index (Phi) is 4.21. The van der Waals surface area contributed by atoms with E-state index in [9.17, 15) is 4.79 Å². The van der Waals surface area contributed by atoms with Gasteiger partial charge in [-0.05, 0) is 69.0 Å². The van der Waals surface area contributed by atoms with Crippen molar-refractivity contribution in [3.8, 4) is 0 Å². The number of likely N-dealkylation sites (tertiary alicyclic amines) is 1. The van der Waals surface area contributed by atoms with Crippen molar-refractivity contribution in [1.82, 2.24) is 9.47 Å². The zero-order chi connectivity index (χ0) is 15.7. The number of benzene rings is 1. The predicted molar refractivity (Wildman–Crippen MR) is 88.4 cm³/mol. The first-order chi connectivity index (χ1) is 10.5. The van der Waals surface area contributed by atoms with Gasteiger partial charge in [0, 0.05) is 23.6 Å². The van der Waals surface area contributed by atoms with Crippen molar-refractivity contribution >= 4 is 16.9 Å². The molecular weight excluding hydrogens is 276 g/mol. The lowest BCUT2D eigenvalue weighted by Crippen LogP contribution is -2.21. The molecule has 0 spiro atoms. The Bertz CT molecular complexity index is 697. The van der Waals surface area contributed by atoms with Gasteiger partial charge in [-0.25, -0.2) is 0 Å². The minimum absolute atomic E-state index is 0.0309. The standard InChI is InChI=1S/C18H24N2O2/c1-13-9-14(2)18-15(5-8-19-6-3-4-7-19)11-20(12-17(21)22)16(18)10-13/h9-11H,3-8,12H2,1-2H3,(H,21,22). The third kappa shape index (κ3) is 3.02. The van der Waals surface area contributed by atoms with Crippen molar-refractivity contribution in [3.05, 3.63) is 35.0 Å². The summed E-state index contributed by atoms with van der Waals surface area (Å²) in [4.78, 5) is 13.6. The SMILES string of the molecule is Cc1cc(C)c2c(CCN3CCCC3)cn(CC(=O)O)c2c1. The summed E-state index contributed by atoms with van der Waals surface area (Å²) >= 11 is 0. The number of nitrogens with zero attached hydrogens (tertiary/aromatic N) is 2. The van der Waals surface area contributed by atoms with Crippen LogP contribution in [0.5, 0.6) is 0 Å². The molecule has 4 heteroatoms. The van der Waals surface area contributed by atoms with Gasteiger partial charge in [-0.1, -0.05) is 6.07 Å². The van der Waals surface area contributed by atoms with E-state index in [1.54, 1.807) is 0 Å². The number of aryl methyl sites for hydroxylation is 2. The van der Waals surface area contributed by atoms with E-state index < -0.39 is 5.97 Å². The lowest BCUT2D eigenvalue weighted by Gasteiger charge is -2.14. The third-order valence-electron chi connectivity index (χ3n) is 4.60. The molecule has 1 aliphatic heterocycles. The fraction of sp³-hybridized carbons (Fsp3) is 0.500. The van der Waals surface area contributed by atoms with Crippen LogP contribution < -0.4 is 0 Å². The molecule has 3 rings (SSSR count). The molecule has 22 heavy (non-hydrogen) atoms. The van der Waals surface area contributed by atoms with Crippen molar-refractivity contribution in [3.63, 3.8) is 0 Å². The van der Waals surface area contributed by atoms with Gasteiger partial charge in [-0.2, -0.15) is 0 Å². The second kappa shape index (κ2) is 6.13. The fourth-order valence-corrected chi connectivity index (χ4v) is 3.66. The van der Waals surface area contributed by atoms with Crippen LogP contribution in [0.1, 0.15) is 29.5 Å². The molecule has 1 saturated heterocycles. The van der Waals surface area contributed by atoms with Crippen LogP contribution in [0.3, 0.4) is 0 Å².